The lowest BCUT2D eigenvalue weighted by atomic mass is 10.0. The maximum absolute atomic E-state index is 12.3. The molecule has 0 radical (unpaired) electrons. The van der Waals surface area contributed by atoms with Gasteiger partial charge in [0.15, 0.2) is 0 Å². The average Bonchev–Trinajstić information content (AvgIpc) is 2.51. The maximum atomic E-state index is 12.3. The summed E-state index contributed by atoms with van der Waals surface area (Å²) < 4.78 is 5.48. The zero-order valence-corrected chi connectivity index (χ0v) is 18.6. The summed E-state index contributed by atoms with van der Waals surface area (Å²) in [4.78, 5) is 35.9. The van der Waals surface area contributed by atoms with Crippen molar-refractivity contribution in [3.05, 3.63) is 27.4 Å². The van der Waals surface area contributed by atoms with Crippen LogP contribution in [0.25, 0.3) is 0 Å². The number of rotatable bonds is 6. The third kappa shape index (κ3) is 4.67. The van der Waals surface area contributed by atoms with E-state index in [-0.39, 0.29) is 27.4 Å². The molecule has 0 aliphatic heterocycles. The molecule has 4 N–H and O–H groups in total. The van der Waals surface area contributed by atoms with Gasteiger partial charge >= 0.3 is 11.9 Å². The lowest BCUT2D eigenvalue weighted by Crippen LogP contribution is -2.27. The summed E-state index contributed by atoms with van der Waals surface area (Å²) in [6.07, 6.45) is -1.24. The number of hydrogen-bond acceptors (Lipinski definition) is 6. The molecule has 1 aromatic carbocycles. The lowest BCUT2D eigenvalue weighted by Gasteiger charge is -2.16. The van der Waals surface area contributed by atoms with Crippen LogP contribution in [-0.4, -0.2) is 59.5 Å². The molecule has 0 aliphatic carbocycles. The summed E-state index contributed by atoms with van der Waals surface area (Å²) in [5.74, 6) is -2.71. The third-order valence-electron chi connectivity index (χ3n) is 2.81. The van der Waals surface area contributed by atoms with E-state index in [1.54, 1.807) is 67.8 Å². The number of aliphatic hydroxyl groups excluding tert-OH is 2. The molecule has 0 saturated carbocycles. The van der Waals surface area contributed by atoms with Crippen molar-refractivity contribution in [1.29, 1.82) is 0 Å². The second-order valence-electron chi connectivity index (χ2n) is 4.39. The fraction of sp³-hybridized carbons (Fsp3) is 0.308. The van der Waals surface area contributed by atoms with Gasteiger partial charge < -0.3 is 25.4 Å². The molecule has 1 aromatic rings. The van der Waals surface area contributed by atoms with E-state index in [1.807, 2.05) is 0 Å². The third-order valence-corrected chi connectivity index (χ3v) is 6.04. The van der Waals surface area contributed by atoms with Gasteiger partial charge in [-0.15, -0.1) is 0 Å². The zero-order chi connectivity index (χ0) is 18.6. The van der Waals surface area contributed by atoms with E-state index in [1.165, 1.54) is 7.05 Å². The Morgan fingerprint density at radius 2 is 1.58 bits per heavy atom. The average molecular weight is 675 g/mol. The van der Waals surface area contributed by atoms with Gasteiger partial charge in [-0.1, -0.05) is 0 Å². The molecule has 0 aromatic heterocycles. The number of carbonyl (C=O) groups excluding carboxylic acids is 2. The van der Waals surface area contributed by atoms with Crippen molar-refractivity contribution >= 4 is 85.6 Å². The highest BCUT2D eigenvalue weighted by atomic mass is 127. The summed E-state index contributed by atoms with van der Waals surface area (Å²) in [6.45, 7) is -1.04. The monoisotopic (exact) mass is 675 g/mol. The Hall–Kier alpha value is -0.260. The van der Waals surface area contributed by atoms with Gasteiger partial charge in [-0.2, -0.15) is 0 Å². The van der Waals surface area contributed by atoms with E-state index in [2.05, 4.69) is 5.32 Å². The van der Waals surface area contributed by atoms with E-state index < -0.39 is 37.2 Å². The van der Waals surface area contributed by atoms with Gasteiger partial charge in [-0.3, -0.25) is 4.79 Å². The highest BCUT2D eigenvalue weighted by Gasteiger charge is 2.30. The molecule has 0 bridgehead atoms. The topological polar surface area (TPSA) is 133 Å². The molecular formula is C13H12I3NO7. The first-order valence-corrected chi connectivity index (χ1v) is 9.52. The largest absolute Gasteiger partial charge is 0.478 e. The van der Waals surface area contributed by atoms with Crippen LogP contribution >= 0.6 is 67.8 Å². The Morgan fingerprint density at radius 1 is 1.08 bits per heavy atom. The first kappa shape index (κ1) is 21.8. The molecule has 132 valence electrons. The second kappa shape index (κ2) is 9.44. The van der Waals surface area contributed by atoms with Crippen molar-refractivity contribution in [3.63, 3.8) is 0 Å². The van der Waals surface area contributed by atoms with Gasteiger partial charge in [-0.25, -0.2) is 9.59 Å². The van der Waals surface area contributed by atoms with E-state index in [4.69, 9.17) is 9.84 Å². The van der Waals surface area contributed by atoms with Gasteiger partial charge in [0.05, 0.1) is 23.3 Å². The number of aromatic carboxylic acids is 1. The Labute approximate surface area is 177 Å². The van der Waals surface area contributed by atoms with Crippen LogP contribution in [0.15, 0.2) is 0 Å². The molecule has 1 atom stereocenters. The number of carbonyl (C=O) groups is 3. The molecule has 24 heavy (non-hydrogen) atoms. The van der Waals surface area contributed by atoms with Gasteiger partial charge in [0, 0.05) is 17.8 Å². The summed E-state index contributed by atoms with van der Waals surface area (Å²) in [6, 6.07) is 0. The highest BCUT2D eigenvalue weighted by molar-refractivity contribution is 14.1. The quantitative estimate of drug-likeness (QED) is 0.262. The van der Waals surface area contributed by atoms with E-state index in [0.717, 1.165) is 0 Å². The number of ether oxygens (including phenoxy) is 1. The first-order valence-electron chi connectivity index (χ1n) is 6.29. The molecule has 0 spiro atoms. The normalized spacial score (nSPS) is 11.8. The zero-order valence-electron chi connectivity index (χ0n) is 12.1. The number of esters is 1. The Kier molecular flexibility index (Phi) is 8.57. The Balaban J connectivity index is 3.54. The smallest absolute Gasteiger partial charge is 0.340 e. The molecule has 1 amide bonds. The first-order chi connectivity index (χ1) is 11.2. The SMILES string of the molecule is CNC(=O)c1c(I)c(C(=O)O)c(I)c(C(=O)OCC(O)CO)c1I. The Morgan fingerprint density at radius 3 is 2.04 bits per heavy atom. The summed E-state index contributed by atoms with van der Waals surface area (Å²) >= 11 is 5.23. The van der Waals surface area contributed by atoms with Crippen LogP contribution in [-0.2, 0) is 4.74 Å². The molecule has 0 aliphatic rings. The molecule has 0 heterocycles. The lowest BCUT2D eigenvalue weighted by molar-refractivity contribution is 0.00916. The van der Waals surface area contributed by atoms with Crippen molar-refractivity contribution < 1.29 is 34.4 Å². The number of carboxylic acids is 1. The van der Waals surface area contributed by atoms with Crippen molar-refractivity contribution in [1.82, 2.24) is 5.32 Å². The summed E-state index contributed by atoms with van der Waals surface area (Å²) in [7, 11) is 1.39. The predicted molar refractivity (Wildman–Crippen MR) is 108 cm³/mol. The van der Waals surface area contributed by atoms with Gasteiger partial charge in [0.1, 0.15) is 12.7 Å². The fourth-order valence-electron chi connectivity index (χ4n) is 1.65. The minimum absolute atomic E-state index is 0.0613. The van der Waals surface area contributed by atoms with E-state index in [9.17, 15) is 24.6 Å². The molecule has 8 nitrogen and oxygen atoms in total. The molecule has 1 unspecified atom stereocenters. The van der Waals surface area contributed by atoms with Crippen LogP contribution in [0.1, 0.15) is 31.1 Å². The molecule has 11 heteroatoms. The standard InChI is InChI=1S/C13H12I3NO7/c1-17-11(20)5-8(14)6(12(21)22)10(16)7(9(5)15)13(23)24-3-4(19)2-18/h4,18-19H,2-3H2,1H3,(H,17,20)(H,21,22). The Bertz CT molecular complexity index is 693. The number of halogens is 3. The summed E-state index contributed by atoms with van der Waals surface area (Å²) in [5, 5.41) is 29.8. The van der Waals surface area contributed by atoms with Crippen molar-refractivity contribution in [2.45, 2.75) is 6.10 Å². The number of amides is 1. The number of carboxylic acid groups (broad SMARTS) is 1. The second-order valence-corrected chi connectivity index (χ2v) is 7.62. The fourth-order valence-corrected chi connectivity index (χ4v) is 6.21. The summed E-state index contributed by atoms with van der Waals surface area (Å²) in [5.41, 5.74) is -0.186. The molecular weight excluding hydrogens is 663 g/mol. The minimum atomic E-state index is -1.28. The van der Waals surface area contributed by atoms with Crippen LogP contribution in [0, 0.1) is 10.7 Å². The predicted octanol–water partition coefficient (Wildman–Crippen LogP) is 1.07. The van der Waals surface area contributed by atoms with E-state index >= 15 is 0 Å². The van der Waals surface area contributed by atoms with Crippen molar-refractivity contribution in [3.8, 4) is 0 Å². The van der Waals surface area contributed by atoms with E-state index in [0.29, 0.717) is 0 Å². The number of benzene rings is 1. The van der Waals surface area contributed by atoms with Crippen LogP contribution in [0.5, 0.6) is 0 Å². The van der Waals surface area contributed by atoms with Gasteiger partial charge in [-0.05, 0) is 67.8 Å². The maximum Gasteiger partial charge on any atom is 0.340 e. The van der Waals surface area contributed by atoms with Gasteiger partial charge in [0.2, 0.25) is 0 Å². The highest BCUT2D eigenvalue weighted by Crippen LogP contribution is 2.32. The van der Waals surface area contributed by atoms with Crippen molar-refractivity contribution in [2.24, 2.45) is 0 Å². The number of hydrogen-bond donors (Lipinski definition) is 4. The van der Waals surface area contributed by atoms with Crippen LogP contribution in [0.4, 0.5) is 0 Å². The molecule has 1 rings (SSSR count). The van der Waals surface area contributed by atoms with Gasteiger partial charge in [0.25, 0.3) is 5.91 Å². The van der Waals surface area contributed by atoms with Crippen LogP contribution in [0.3, 0.4) is 0 Å². The number of nitrogens with one attached hydrogen (secondary N) is 1. The molecule has 0 fully saturated rings. The van der Waals surface area contributed by atoms with Crippen molar-refractivity contribution in [2.75, 3.05) is 20.3 Å². The molecule has 0 saturated heterocycles. The van der Waals surface area contributed by atoms with Crippen LogP contribution < -0.4 is 5.32 Å². The minimum Gasteiger partial charge on any atom is -0.478 e. The van der Waals surface area contributed by atoms with Crippen LogP contribution in [0.2, 0.25) is 0 Å². The number of aliphatic hydroxyl groups is 2.